The van der Waals surface area contributed by atoms with Gasteiger partial charge in [0.05, 0.1) is 10.7 Å². The molecule has 2 unspecified atom stereocenters. The first-order valence-corrected chi connectivity index (χ1v) is 4.27. The number of nitrogens with one attached hydrogen (secondary N) is 1. The molecule has 1 aliphatic carbocycles. The second-order valence-electron chi connectivity index (χ2n) is 3.01. The Hall–Kier alpha value is -0.800. The van der Waals surface area contributed by atoms with Gasteiger partial charge in [0.1, 0.15) is 0 Å². The van der Waals surface area contributed by atoms with Crippen LogP contribution in [0.3, 0.4) is 0 Å². The minimum atomic E-state index is 0.286. The number of aromatic nitrogens is 1. The minimum Gasteiger partial charge on any atom is -0.379 e. The standard InChI is InChI=1S/C8H10ClN3/c9-5-4-11-2-1-7(5)12-8-3-6(8)10/h1-2,4,6,8H,3,10H2,(H,11,12). The number of hydrogen-bond acceptors (Lipinski definition) is 3. The van der Waals surface area contributed by atoms with Crippen molar-refractivity contribution in [1.82, 2.24) is 4.98 Å². The van der Waals surface area contributed by atoms with Crippen molar-refractivity contribution in [2.75, 3.05) is 5.32 Å². The molecule has 1 aliphatic rings. The number of pyridine rings is 1. The maximum atomic E-state index is 5.88. The van der Waals surface area contributed by atoms with E-state index in [2.05, 4.69) is 10.3 Å². The molecule has 4 heteroatoms. The molecule has 1 saturated carbocycles. The van der Waals surface area contributed by atoms with Crippen LogP contribution in [0.15, 0.2) is 18.5 Å². The van der Waals surface area contributed by atoms with E-state index >= 15 is 0 Å². The average Bonchev–Trinajstić information content (AvgIpc) is 2.72. The predicted octanol–water partition coefficient (Wildman–Crippen LogP) is 1.25. The monoisotopic (exact) mass is 183 g/mol. The maximum Gasteiger partial charge on any atom is 0.0820 e. The molecule has 1 fully saturated rings. The average molecular weight is 184 g/mol. The molecule has 0 saturated heterocycles. The zero-order valence-corrected chi connectivity index (χ0v) is 7.25. The number of hydrogen-bond donors (Lipinski definition) is 2. The number of nitrogens with two attached hydrogens (primary N) is 1. The van der Waals surface area contributed by atoms with Crippen molar-refractivity contribution in [3.8, 4) is 0 Å². The zero-order valence-electron chi connectivity index (χ0n) is 6.50. The van der Waals surface area contributed by atoms with E-state index in [9.17, 15) is 0 Å². The molecular weight excluding hydrogens is 174 g/mol. The van der Waals surface area contributed by atoms with E-state index in [1.807, 2.05) is 6.07 Å². The van der Waals surface area contributed by atoms with Crippen molar-refractivity contribution < 1.29 is 0 Å². The maximum absolute atomic E-state index is 5.88. The summed E-state index contributed by atoms with van der Waals surface area (Å²) in [4.78, 5) is 3.89. The Morgan fingerprint density at radius 2 is 2.42 bits per heavy atom. The molecule has 64 valence electrons. The van der Waals surface area contributed by atoms with Gasteiger partial charge in [-0.15, -0.1) is 0 Å². The smallest absolute Gasteiger partial charge is 0.0820 e. The lowest BCUT2D eigenvalue weighted by Gasteiger charge is -2.05. The van der Waals surface area contributed by atoms with Crippen LogP contribution in [0, 0.1) is 0 Å². The normalized spacial score (nSPS) is 26.8. The van der Waals surface area contributed by atoms with E-state index < -0.39 is 0 Å². The van der Waals surface area contributed by atoms with Crippen molar-refractivity contribution in [3.63, 3.8) is 0 Å². The van der Waals surface area contributed by atoms with Gasteiger partial charge in [-0.25, -0.2) is 0 Å². The van der Waals surface area contributed by atoms with Crippen LogP contribution in [0.25, 0.3) is 0 Å². The lowest BCUT2D eigenvalue weighted by molar-refractivity contribution is 1.01. The first kappa shape index (κ1) is 7.83. The molecule has 0 radical (unpaired) electrons. The fraction of sp³-hybridized carbons (Fsp3) is 0.375. The van der Waals surface area contributed by atoms with E-state index in [1.54, 1.807) is 12.4 Å². The number of anilines is 1. The van der Waals surface area contributed by atoms with Crippen molar-refractivity contribution in [1.29, 1.82) is 0 Å². The van der Waals surface area contributed by atoms with Crippen LogP contribution < -0.4 is 11.1 Å². The Labute approximate surface area is 75.9 Å². The molecule has 2 rings (SSSR count). The predicted molar refractivity (Wildman–Crippen MR) is 49.3 cm³/mol. The van der Waals surface area contributed by atoms with Gasteiger partial charge in [-0.1, -0.05) is 11.6 Å². The highest BCUT2D eigenvalue weighted by atomic mass is 35.5. The van der Waals surface area contributed by atoms with Crippen LogP contribution in [0.1, 0.15) is 6.42 Å². The van der Waals surface area contributed by atoms with Crippen LogP contribution in [0.4, 0.5) is 5.69 Å². The Morgan fingerprint density at radius 3 is 3.00 bits per heavy atom. The quantitative estimate of drug-likeness (QED) is 0.726. The Bertz CT molecular complexity index is 289. The number of nitrogens with zero attached hydrogens (tertiary/aromatic N) is 1. The van der Waals surface area contributed by atoms with Crippen LogP contribution in [-0.2, 0) is 0 Å². The first-order valence-electron chi connectivity index (χ1n) is 3.89. The van der Waals surface area contributed by atoms with E-state index in [1.165, 1.54) is 0 Å². The van der Waals surface area contributed by atoms with E-state index in [0.717, 1.165) is 12.1 Å². The van der Waals surface area contributed by atoms with Gasteiger partial charge in [-0.05, 0) is 12.5 Å². The molecule has 3 N–H and O–H groups in total. The lowest BCUT2D eigenvalue weighted by atomic mass is 10.4. The van der Waals surface area contributed by atoms with Gasteiger partial charge in [0, 0.05) is 24.5 Å². The highest BCUT2D eigenvalue weighted by Crippen LogP contribution is 2.27. The van der Waals surface area contributed by atoms with Crippen LogP contribution in [0.5, 0.6) is 0 Å². The minimum absolute atomic E-state index is 0.286. The zero-order chi connectivity index (χ0) is 8.55. The van der Waals surface area contributed by atoms with Gasteiger partial charge in [0.25, 0.3) is 0 Å². The lowest BCUT2D eigenvalue weighted by Crippen LogP contribution is -2.13. The molecule has 12 heavy (non-hydrogen) atoms. The summed E-state index contributed by atoms with van der Waals surface area (Å²) in [5, 5.41) is 3.89. The topological polar surface area (TPSA) is 50.9 Å². The van der Waals surface area contributed by atoms with Crippen LogP contribution in [-0.4, -0.2) is 17.1 Å². The molecule has 0 amide bonds. The van der Waals surface area contributed by atoms with Gasteiger partial charge in [-0.3, -0.25) is 4.98 Å². The molecule has 0 spiro atoms. The summed E-state index contributed by atoms with van der Waals surface area (Å²) < 4.78 is 0. The summed E-state index contributed by atoms with van der Waals surface area (Å²) in [6, 6.07) is 2.53. The Kier molecular flexibility index (Phi) is 1.90. The van der Waals surface area contributed by atoms with Gasteiger partial charge >= 0.3 is 0 Å². The summed E-state index contributed by atoms with van der Waals surface area (Å²) in [5.41, 5.74) is 6.56. The molecule has 0 aliphatic heterocycles. The molecule has 0 bridgehead atoms. The number of halogens is 1. The van der Waals surface area contributed by atoms with Crippen molar-refractivity contribution in [3.05, 3.63) is 23.5 Å². The summed E-state index contributed by atoms with van der Waals surface area (Å²) in [7, 11) is 0. The molecule has 0 aromatic carbocycles. The fourth-order valence-corrected chi connectivity index (χ4v) is 1.25. The van der Waals surface area contributed by atoms with E-state index in [-0.39, 0.29) is 6.04 Å². The van der Waals surface area contributed by atoms with Crippen molar-refractivity contribution in [2.24, 2.45) is 5.73 Å². The van der Waals surface area contributed by atoms with Crippen LogP contribution >= 0.6 is 11.6 Å². The van der Waals surface area contributed by atoms with Crippen molar-refractivity contribution in [2.45, 2.75) is 18.5 Å². The van der Waals surface area contributed by atoms with E-state index in [4.69, 9.17) is 17.3 Å². The van der Waals surface area contributed by atoms with Gasteiger partial charge in [0.15, 0.2) is 0 Å². The van der Waals surface area contributed by atoms with Gasteiger partial charge < -0.3 is 11.1 Å². The first-order chi connectivity index (χ1) is 5.77. The van der Waals surface area contributed by atoms with Gasteiger partial charge in [-0.2, -0.15) is 0 Å². The Balaban J connectivity index is 2.08. The highest BCUT2D eigenvalue weighted by Gasteiger charge is 2.33. The second-order valence-corrected chi connectivity index (χ2v) is 3.41. The summed E-state index contributed by atoms with van der Waals surface area (Å²) in [5.74, 6) is 0. The van der Waals surface area contributed by atoms with Crippen LogP contribution in [0.2, 0.25) is 5.02 Å². The molecule has 2 atom stereocenters. The Morgan fingerprint density at radius 1 is 1.67 bits per heavy atom. The van der Waals surface area contributed by atoms with Gasteiger partial charge in [0.2, 0.25) is 0 Å². The summed E-state index contributed by atoms with van der Waals surface area (Å²) in [6.07, 6.45) is 4.36. The molecule has 1 aromatic rings. The molecular formula is C8H10ClN3. The molecule has 3 nitrogen and oxygen atoms in total. The van der Waals surface area contributed by atoms with E-state index in [0.29, 0.717) is 11.1 Å². The third-order valence-electron chi connectivity index (χ3n) is 1.95. The largest absolute Gasteiger partial charge is 0.379 e. The van der Waals surface area contributed by atoms with Crippen molar-refractivity contribution >= 4 is 17.3 Å². The third-order valence-corrected chi connectivity index (χ3v) is 2.25. The highest BCUT2D eigenvalue weighted by molar-refractivity contribution is 6.33. The number of rotatable bonds is 2. The third kappa shape index (κ3) is 1.52. The summed E-state index contributed by atoms with van der Waals surface area (Å²) in [6.45, 7) is 0. The molecule has 1 heterocycles. The fourth-order valence-electron chi connectivity index (χ4n) is 1.07. The SMILES string of the molecule is NC1CC1Nc1ccncc1Cl. The summed E-state index contributed by atoms with van der Waals surface area (Å²) >= 11 is 5.88. The second kappa shape index (κ2) is 2.92. The molecule has 1 aromatic heterocycles.